The van der Waals surface area contributed by atoms with Crippen LogP contribution in [-0.2, 0) is 18.3 Å². The van der Waals surface area contributed by atoms with Gasteiger partial charge in [-0.1, -0.05) is 125 Å². The predicted octanol–water partition coefficient (Wildman–Crippen LogP) is 8.68. The van der Waals surface area contributed by atoms with Crippen LogP contribution in [0.1, 0.15) is 128 Å². The Morgan fingerprint density at radius 2 is 0.887 bits per heavy atom. The fourth-order valence-electron chi connectivity index (χ4n) is 8.41. The monoisotopic (exact) mass is 704 g/mol. The molecule has 0 fully saturated rings. The van der Waals surface area contributed by atoms with Crippen LogP contribution in [0.25, 0.3) is 11.1 Å². The molecular formula is C47H44O6. The topological polar surface area (TPSA) is 109 Å². The molecule has 0 heterocycles. The Morgan fingerprint density at radius 1 is 0.491 bits per heavy atom. The molecule has 0 spiro atoms. The minimum Gasteiger partial charge on any atom is -0.382 e. The molecule has 0 amide bonds. The molecule has 2 aliphatic carbocycles. The zero-order valence-corrected chi connectivity index (χ0v) is 30.7. The van der Waals surface area contributed by atoms with E-state index in [9.17, 15) is 29.4 Å². The minimum absolute atomic E-state index is 0.174. The number of aliphatic hydroxyl groups is 2. The van der Waals surface area contributed by atoms with E-state index in [0.29, 0.717) is 71.9 Å². The van der Waals surface area contributed by atoms with E-state index < -0.39 is 16.6 Å². The summed E-state index contributed by atoms with van der Waals surface area (Å²) in [4.78, 5) is 54.6. The van der Waals surface area contributed by atoms with Gasteiger partial charge in [-0.25, -0.2) is 0 Å². The second kappa shape index (κ2) is 13.6. The third-order valence-electron chi connectivity index (χ3n) is 11.9. The lowest BCUT2D eigenvalue weighted by Gasteiger charge is -2.34. The van der Waals surface area contributed by atoms with Crippen molar-refractivity contribution in [3.05, 3.63) is 165 Å². The van der Waals surface area contributed by atoms with E-state index in [-0.39, 0.29) is 23.1 Å². The average Bonchev–Trinajstić information content (AvgIpc) is 3.46. The van der Waals surface area contributed by atoms with E-state index in [2.05, 4.69) is 12.1 Å². The van der Waals surface area contributed by atoms with Crippen molar-refractivity contribution in [1.82, 2.24) is 0 Å². The maximum absolute atomic E-state index is 14.1. The predicted molar refractivity (Wildman–Crippen MR) is 206 cm³/mol. The highest BCUT2D eigenvalue weighted by molar-refractivity contribution is 6.29. The van der Waals surface area contributed by atoms with Crippen molar-refractivity contribution in [2.45, 2.75) is 82.8 Å². The lowest BCUT2D eigenvalue weighted by molar-refractivity contribution is 0.0277. The standard InChI is InChI=1S/C47H44O6/c1-5-46(52,6-2)43(50)31-21-17-29(18-22-31)27-45(28-30-19-23-32(24-20-30)44(51)47(53,7-3)8-4)39-16-12-11-13-33(39)36-25-37-38(26-40(36)45)42(49)35-15-10-9-14-34(35)41(37)48/h9-26,52-53H,5-8,27-28H2,1-4H3. The van der Waals surface area contributed by atoms with Gasteiger partial charge in [-0.05, 0) is 84.0 Å². The van der Waals surface area contributed by atoms with Crippen LogP contribution in [0, 0.1) is 0 Å². The summed E-state index contributed by atoms with van der Waals surface area (Å²) in [6.45, 7) is 7.22. The zero-order valence-electron chi connectivity index (χ0n) is 30.7. The summed E-state index contributed by atoms with van der Waals surface area (Å²) in [7, 11) is 0. The number of carbonyl (C=O) groups excluding carboxylic acids is 4. The van der Waals surface area contributed by atoms with Crippen molar-refractivity contribution in [2.24, 2.45) is 0 Å². The molecule has 0 radical (unpaired) electrons. The normalized spacial score (nSPS) is 14.3. The van der Waals surface area contributed by atoms with Gasteiger partial charge in [-0.2, -0.15) is 0 Å². The summed E-state index contributed by atoms with van der Waals surface area (Å²) in [6, 6.07) is 33.7. The molecule has 5 aromatic carbocycles. The molecule has 0 saturated carbocycles. The first-order valence-corrected chi connectivity index (χ1v) is 18.6. The van der Waals surface area contributed by atoms with Gasteiger partial charge in [-0.3, -0.25) is 19.2 Å². The number of ketones is 4. The molecule has 2 N–H and O–H groups in total. The largest absolute Gasteiger partial charge is 0.382 e. The Kier molecular flexibility index (Phi) is 9.25. The van der Waals surface area contributed by atoms with Gasteiger partial charge in [0.1, 0.15) is 11.2 Å². The Bertz CT molecular complexity index is 2190. The lowest BCUT2D eigenvalue weighted by Crippen LogP contribution is -2.37. The number of hydrogen-bond acceptors (Lipinski definition) is 6. The van der Waals surface area contributed by atoms with Gasteiger partial charge < -0.3 is 10.2 Å². The molecule has 0 bridgehead atoms. The first-order chi connectivity index (χ1) is 25.4. The van der Waals surface area contributed by atoms with Crippen molar-refractivity contribution < 1.29 is 29.4 Å². The van der Waals surface area contributed by atoms with Gasteiger partial charge in [0.05, 0.1) is 0 Å². The molecule has 0 atom stereocenters. The van der Waals surface area contributed by atoms with Crippen LogP contribution in [0.2, 0.25) is 0 Å². The molecule has 6 heteroatoms. The van der Waals surface area contributed by atoms with E-state index in [4.69, 9.17) is 0 Å². The van der Waals surface area contributed by atoms with E-state index in [1.165, 1.54) is 0 Å². The molecule has 7 rings (SSSR count). The first kappa shape index (κ1) is 36.1. The van der Waals surface area contributed by atoms with Gasteiger partial charge in [0.25, 0.3) is 0 Å². The van der Waals surface area contributed by atoms with Gasteiger partial charge in [-0.15, -0.1) is 0 Å². The summed E-state index contributed by atoms with van der Waals surface area (Å²) >= 11 is 0. The van der Waals surface area contributed by atoms with Crippen LogP contribution in [0.15, 0.2) is 109 Å². The third kappa shape index (κ3) is 5.81. The summed E-state index contributed by atoms with van der Waals surface area (Å²) in [5.41, 5.74) is 4.65. The number of hydrogen-bond donors (Lipinski definition) is 2. The van der Waals surface area contributed by atoms with Crippen LogP contribution in [0.3, 0.4) is 0 Å². The molecule has 5 aromatic rings. The van der Waals surface area contributed by atoms with Crippen LogP contribution < -0.4 is 0 Å². The molecule has 0 unspecified atom stereocenters. The van der Waals surface area contributed by atoms with Crippen molar-refractivity contribution in [1.29, 1.82) is 0 Å². The van der Waals surface area contributed by atoms with E-state index in [1.807, 2.05) is 48.5 Å². The van der Waals surface area contributed by atoms with Crippen LogP contribution in [0.4, 0.5) is 0 Å². The van der Waals surface area contributed by atoms with Crippen LogP contribution >= 0.6 is 0 Å². The first-order valence-electron chi connectivity index (χ1n) is 18.6. The third-order valence-corrected chi connectivity index (χ3v) is 11.9. The number of Topliss-reactive ketones (excluding diaryl/α,β-unsaturated/α-hetero) is 2. The second-order valence-electron chi connectivity index (χ2n) is 14.7. The molecule has 53 heavy (non-hydrogen) atoms. The number of fused-ring (bicyclic) bond motifs is 5. The Balaban J connectivity index is 1.38. The Hall–Kier alpha value is -5.30. The molecule has 2 aliphatic rings. The Labute approximate surface area is 310 Å². The highest BCUT2D eigenvalue weighted by Crippen LogP contribution is 2.53. The summed E-state index contributed by atoms with van der Waals surface area (Å²) < 4.78 is 0. The van der Waals surface area contributed by atoms with E-state index >= 15 is 0 Å². The molecule has 0 saturated heterocycles. The maximum atomic E-state index is 14.1. The number of benzene rings is 5. The number of carbonyl (C=O) groups is 4. The molecule has 6 nitrogen and oxygen atoms in total. The molecule has 0 aliphatic heterocycles. The minimum atomic E-state index is -1.43. The maximum Gasteiger partial charge on any atom is 0.194 e. The fraction of sp³-hybridized carbons (Fsp3) is 0.277. The second-order valence-corrected chi connectivity index (χ2v) is 14.7. The van der Waals surface area contributed by atoms with E-state index in [1.54, 1.807) is 76.2 Å². The molecule has 268 valence electrons. The van der Waals surface area contributed by atoms with Crippen molar-refractivity contribution >= 4 is 23.1 Å². The smallest absolute Gasteiger partial charge is 0.194 e. The van der Waals surface area contributed by atoms with Gasteiger partial charge >= 0.3 is 0 Å². The Morgan fingerprint density at radius 3 is 1.32 bits per heavy atom. The van der Waals surface area contributed by atoms with Crippen molar-refractivity contribution in [2.75, 3.05) is 0 Å². The van der Waals surface area contributed by atoms with Gasteiger partial charge in [0.2, 0.25) is 0 Å². The number of rotatable bonds is 12. The highest BCUT2D eigenvalue weighted by Gasteiger charge is 2.45. The fourth-order valence-corrected chi connectivity index (χ4v) is 8.41. The molecular weight excluding hydrogens is 661 g/mol. The zero-order chi connectivity index (χ0) is 37.7. The lowest BCUT2D eigenvalue weighted by atomic mass is 9.68. The van der Waals surface area contributed by atoms with Crippen molar-refractivity contribution in [3.63, 3.8) is 0 Å². The summed E-state index contributed by atoms with van der Waals surface area (Å²) in [5.74, 6) is -0.967. The summed E-state index contributed by atoms with van der Waals surface area (Å²) in [6.07, 6.45) is 2.27. The van der Waals surface area contributed by atoms with Gasteiger partial charge in [0, 0.05) is 38.8 Å². The van der Waals surface area contributed by atoms with Crippen LogP contribution in [0.5, 0.6) is 0 Å². The SMILES string of the molecule is CCC(O)(CC)C(=O)c1ccc(CC2(Cc3ccc(C(=O)C(O)(CC)CC)cc3)c3ccccc3-c3cc4c(cc32)C(=O)c2ccccc2C4=O)cc1. The van der Waals surface area contributed by atoms with Crippen molar-refractivity contribution in [3.8, 4) is 11.1 Å². The summed E-state index contributed by atoms with van der Waals surface area (Å²) in [5, 5.41) is 21.9. The highest BCUT2D eigenvalue weighted by atomic mass is 16.3. The average molecular weight is 705 g/mol. The van der Waals surface area contributed by atoms with Crippen LogP contribution in [-0.4, -0.2) is 44.5 Å². The quantitative estimate of drug-likeness (QED) is 0.124. The van der Waals surface area contributed by atoms with Gasteiger partial charge in [0.15, 0.2) is 23.1 Å². The van der Waals surface area contributed by atoms with E-state index in [0.717, 1.165) is 33.4 Å². The molecule has 0 aromatic heterocycles.